The van der Waals surface area contributed by atoms with Crippen LogP contribution in [0.1, 0.15) is 32.1 Å². The Labute approximate surface area is 122 Å². The van der Waals surface area contributed by atoms with Crippen molar-refractivity contribution in [3.63, 3.8) is 0 Å². The van der Waals surface area contributed by atoms with E-state index in [1.165, 1.54) is 25.4 Å². The van der Waals surface area contributed by atoms with E-state index in [-0.39, 0.29) is 17.8 Å². The minimum atomic E-state index is -0.491. The van der Waals surface area contributed by atoms with Gasteiger partial charge < -0.3 is 9.47 Å². The Hall–Kier alpha value is -2.18. The SMILES string of the molecule is COC(=O)CC1CCC(Oc2ccc([N+](=O)[O-])cn2)CC1. The van der Waals surface area contributed by atoms with Gasteiger partial charge in [-0.1, -0.05) is 0 Å². The molecule has 0 unspecified atom stereocenters. The van der Waals surface area contributed by atoms with E-state index >= 15 is 0 Å². The molecular weight excluding hydrogens is 276 g/mol. The lowest BCUT2D eigenvalue weighted by molar-refractivity contribution is -0.385. The van der Waals surface area contributed by atoms with Crippen molar-refractivity contribution in [2.45, 2.75) is 38.2 Å². The fraction of sp³-hybridized carbons (Fsp3) is 0.571. The number of carbonyl (C=O) groups excluding carboxylic acids is 1. The highest BCUT2D eigenvalue weighted by molar-refractivity contribution is 5.69. The number of ether oxygens (including phenoxy) is 2. The number of carbonyl (C=O) groups is 1. The van der Waals surface area contributed by atoms with Crippen LogP contribution < -0.4 is 4.74 Å². The molecule has 0 amide bonds. The van der Waals surface area contributed by atoms with Crippen LogP contribution in [0.4, 0.5) is 5.69 Å². The Kier molecular flexibility index (Phi) is 5.08. The number of methoxy groups -OCH3 is 1. The second-order valence-electron chi connectivity index (χ2n) is 5.15. The van der Waals surface area contributed by atoms with E-state index in [4.69, 9.17) is 4.74 Å². The van der Waals surface area contributed by atoms with Crippen molar-refractivity contribution in [3.05, 3.63) is 28.4 Å². The molecule has 1 aromatic rings. The van der Waals surface area contributed by atoms with Gasteiger partial charge in [0, 0.05) is 18.6 Å². The van der Waals surface area contributed by atoms with Crippen molar-refractivity contribution >= 4 is 11.7 Å². The van der Waals surface area contributed by atoms with Gasteiger partial charge in [-0.2, -0.15) is 0 Å². The van der Waals surface area contributed by atoms with Crippen LogP contribution in [0.15, 0.2) is 18.3 Å². The minimum Gasteiger partial charge on any atom is -0.474 e. The second-order valence-corrected chi connectivity index (χ2v) is 5.15. The molecule has 7 heteroatoms. The fourth-order valence-corrected chi connectivity index (χ4v) is 2.49. The van der Waals surface area contributed by atoms with Crippen molar-refractivity contribution < 1.29 is 19.2 Å². The first kappa shape index (κ1) is 15.2. The highest BCUT2D eigenvalue weighted by atomic mass is 16.6. The zero-order valence-electron chi connectivity index (χ0n) is 11.9. The van der Waals surface area contributed by atoms with E-state index in [1.54, 1.807) is 0 Å². The predicted molar refractivity (Wildman–Crippen MR) is 73.9 cm³/mol. The zero-order chi connectivity index (χ0) is 15.2. The van der Waals surface area contributed by atoms with Gasteiger partial charge in [0.1, 0.15) is 12.3 Å². The number of rotatable bonds is 5. The summed E-state index contributed by atoms with van der Waals surface area (Å²) >= 11 is 0. The van der Waals surface area contributed by atoms with E-state index in [2.05, 4.69) is 9.72 Å². The molecule has 1 heterocycles. The largest absolute Gasteiger partial charge is 0.474 e. The smallest absolute Gasteiger partial charge is 0.305 e. The molecule has 0 aliphatic heterocycles. The molecule has 1 aromatic heterocycles. The van der Waals surface area contributed by atoms with Gasteiger partial charge >= 0.3 is 5.97 Å². The van der Waals surface area contributed by atoms with Crippen molar-refractivity contribution in [2.24, 2.45) is 5.92 Å². The van der Waals surface area contributed by atoms with Gasteiger partial charge in [0.05, 0.1) is 12.0 Å². The number of esters is 1. The third-order valence-corrected chi connectivity index (χ3v) is 3.70. The van der Waals surface area contributed by atoms with Crippen LogP contribution in [0.3, 0.4) is 0 Å². The van der Waals surface area contributed by atoms with E-state index in [1.807, 2.05) is 0 Å². The summed E-state index contributed by atoms with van der Waals surface area (Å²) in [7, 11) is 1.40. The summed E-state index contributed by atoms with van der Waals surface area (Å²) in [6.45, 7) is 0. The monoisotopic (exact) mass is 294 g/mol. The number of aromatic nitrogens is 1. The molecule has 1 aliphatic rings. The summed E-state index contributed by atoms with van der Waals surface area (Å²) < 4.78 is 10.4. The van der Waals surface area contributed by atoms with E-state index in [9.17, 15) is 14.9 Å². The Morgan fingerprint density at radius 3 is 2.62 bits per heavy atom. The zero-order valence-corrected chi connectivity index (χ0v) is 11.9. The molecule has 0 bridgehead atoms. The Morgan fingerprint density at radius 1 is 1.38 bits per heavy atom. The molecule has 1 saturated carbocycles. The van der Waals surface area contributed by atoms with Gasteiger partial charge in [0.15, 0.2) is 0 Å². The van der Waals surface area contributed by atoms with Crippen LogP contribution in [-0.2, 0) is 9.53 Å². The molecule has 0 N–H and O–H groups in total. The maximum atomic E-state index is 11.2. The van der Waals surface area contributed by atoms with Crippen molar-refractivity contribution in [1.82, 2.24) is 4.98 Å². The average molecular weight is 294 g/mol. The second kappa shape index (κ2) is 7.01. The molecule has 21 heavy (non-hydrogen) atoms. The maximum Gasteiger partial charge on any atom is 0.305 e. The molecule has 1 aliphatic carbocycles. The Balaban J connectivity index is 1.80. The normalized spacial score (nSPS) is 21.6. The molecule has 0 radical (unpaired) electrons. The number of nitrogens with zero attached hydrogens (tertiary/aromatic N) is 2. The molecule has 2 rings (SSSR count). The van der Waals surface area contributed by atoms with E-state index in [0.29, 0.717) is 18.2 Å². The van der Waals surface area contributed by atoms with Crippen LogP contribution in [0.25, 0.3) is 0 Å². The summed E-state index contributed by atoms with van der Waals surface area (Å²) in [6, 6.07) is 2.89. The number of hydrogen-bond acceptors (Lipinski definition) is 6. The third-order valence-electron chi connectivity index (χ3n) is 3.70. The lowest BCUT2D eigenvalue weighted by Crippen LogP contribution is -2.25. The summed E-state index contributed by atoms with van der Waals surface area (Å²) in [6.07, 6.45) is 5.21. The molecule has 114 valence electrons. The lowest BCUT2D eigenvalue weighted by atomic mass is 9.85. The van der Waals surface area contributed by atoms with Gasteiger partial charge in [-0.3, -0.25) is 14.9 Å². The number of hydrogen-bond donors (Lipinski definition) is 0. The fourth-order valence-electron chi connectivity index (χ4n) is 2.49. The average Bonchev–Trinajstić information content (AvgIpc) is 2.49. The van der Waals surface area contributed by atoms with Crippen LogP contribution in [0.2, 0.25) is 0 Å². The minimum absolute atomic E-state index is 0.0489. The lowest BCUT2D eigenvalue weighted by Gasteiger charge is -2.27. The van der Waals surface area contributed by atoms with Crippen molar-refractivity contribution in [3.8, 4) is 5.88 Å². The maximum absolute atomic E-state index is 11.2. The molecule has 7 nitrogen and oxygen atoms in total. The topological polar surface area (TPSA) is 91.6 Å². The third kappa shape index (κ3) is 4.40. The van der Waals surface area contributed by atoms with Crippen LogP contribution in [0.5, 0.6) is 5.88 Å². The highest BCUT2D eigenvalue weighted by Crippen LogP contribution is 2.29. The summed E-state index contributed by atoms with van der Waals surface area (Å²) in [5, 5.41) is 10.5. The van der Waals surface area contributed by atoms with E-state index < -0.39 is 4.92 Å². The predicted octanol–water partition coefficient (Wildman–Crippen LogP) is 2.49. The molecule has 0 spiro atoms. The molecule has 0 saturated heterocycles. The van der Waals surface area contributed by atoms with Crippen molar-refractivity contribution in [2.75, 3.05) is 7.11 Å². The van der Waals surface area contributed by atoms with Gasteiger partial charge in [-0.15, -0.1) is 0 Å². The van der Waals surface area contributed by atoms with E-state index in [0.717, 1.165) is 25.7 Å². The Morgan fingerprint density at radius 2 is 2.10 bits per heavy atom. The highest BCUT2D eigenvalue weighted by Gasteiger charge is 2.24. The van der Waals surface area contributed by atoms with Crippen LogP contribution in [0, 0.1) is 16.0 Å². The van der Waals surface area contributed by atoms with Crippen LogP contribution >= 0.6 is 0 Å². The first-order chi connectivity index (χ1) is 10.1. The molecular formula is C14H18N2O5. The first-order valence-electron chi connectivity index (χ1n) is 6.92. The number of pyridine rings is 1. The van der Waals surface area contributed by atoms with Gasteiger partial charge in [-0.25, -0.2) is 4.98 Å². The van der Waals surface area contributed by atoms with Gasteiger partial charge in [-0.05, 0) is 31.6 Å². The molecule has 0 aromatic carbocycles. The standard InChI is InChI=1S/C14H18N2O5/c1-20-14(17)8-10-2-5-12(6-3-10)21-13-7-4-11(9-15-13)16(18)19/h4,7,9-10,12H,2-3,5-6,8H2,1H3. The first-order valence-corrected chi connectivity index (χ1v) is 6.92. The van der Waals surface area contributed by atoms with Gasteiger partial charge in [0.2, 0.25) is 5.88 Å². The summed E-state index contributed by atoms with van der Waals surface area (Å²) in [5.74, 6) is 0.579. The molecule has 1 fully saturated rings. The van der Waals surface area contributed by atoms with Crippen LogP contribution in [-0.4, -0.2) is 29.1 Å². The van der Waals surface area contributed by atoms with Crippen molar-refractivity contribution in [1.29, 1.82) is 0 Å². The number of nitro groups is 1. The Bertz CT molecular complexity index is 495. The molecule has 0 atom stereocenters. The summed E-state index contributed by atoms with van der Waals surface area (Å²) in [5.41, 5.74) is -0.0517. The quantitative estimate of drug-likeness (QED) is 0.470. The van der Waals surface area contributed by atoms with Gasteiger partial charge in [0.25, 0.3) is 5.69 Å². The summed E-state index contributed by atoms with van der Waals surface area (Å²) in [4.78, 5) is 25.2.